The van der Waals surface area contributed by atoms with Crippen LogP contribution in [0.1, 0.15) is 18.5 Å². The molecule has 1 unspecified atom stereocenters. The van der Waals surface area contributed by atoms with Crippen molar-refractivity contribution in [2.45, 2.75) is 13.0 Å². The van der Waals surface area contributed by atoms with Gasteiger partial charge in [0.2, 0.25) is 12.7 Å². The highest BCUT2D eigenvalue weighted by molar-refractivity contribution is 5.78. The van der Waals surface area contributed by atoms with Crippen LogP contribution < -0.4 is 20.1 Å². The second-order valence-corrected chi connectivity index (χ2v) is 4.56. The van der Waals surface area contributed by atoms with Crippen molar-refractivity contribution in [2.75, 3.05) is 33.6 Å². The zero-order chi connectivity index (χ0) is 14.4. The molecule has 6 heteroatoms. The van der Waals surface area contributed by atoms with Crippen LogP contribution in [0.2, 0.25) is 0 Å². The first-order chi connectivity index (χ1) is 9.70. The average Bonchev–Trinajstić information content (AvgIpc) is 2.92. The molecule has 1 atom stereocenters. The van der Waals surface area contributed by atoms with E-state index in [0.29, 0.717) is 13.2 Å². The molecule has 0 saturated heterocycles. The van der Waals surface area contributed by atoms with Crippen molar-refractivity contribution in [1.82, 2.24) is 10.6 Å². The minimum atomic E-state index is -0.0466. The standard InChI is InChI=1S/C14H20N2O4/c1-10(16-8-14(17)15-5-6-18-2)11-3-4-12-13(7-11)20-9-19-12/h3-4,7,10,16H,5-6,8-9H2,1-2H3,(H,15,17). The van der Waals surface area contributed by atoms with Crippen LogP contribution in [0.25, 0.3) is 0 Å². The van der Waals surface area contributed by atoms with Crippen LogP contribution in [-0.2, 0) is 9.53 Å². The van der Waals surface area contributed by atoms with Gasteiger partial charge >= 0.3 is 0 Å². The SMILES string of the molecule is COCCNC(=O)CNC(C)c1ccc2c(c1)OCO2. The van der Waals surface area contributed by atoms with Crippen molar-refractivity contribution in [2.24, 2.45) is 0 Å². The van der Waals surface area contributed by atoms with Crippen LogP contribution in [0.15, 0.2) is 18.2 Å². The number of nitrogens with one attached hydrogen (secondary N) is 2. The number of amides is 1. The molecule has 2 rings (SSSR count). The van der Waals surface area contributed by atoms with Crippen LogP contribution >= 0.6 is 0 Å². The molecule has 0 spiro atoms. The fourth-order valence-corrected chi connectivity index (χ4v) is 1.90. The predicted molar refractivity (Wildman–Crippen MR) is 73.9 cm³/mol. The fraction of sp³-hybridized carbons (Fsp3) is 0.500. The number of carbonyl (C=O) groups excluding carboxylic acids is 1. The Kier molecular flexibility index (Phi) is 5.20. The Morgan fingerprint density at radius 3 is 3.00 bits per heavy atom. The lowest BCUT2D eigenvalue weighted by Gasteiger charge is -2.14. The van der Waals surface area contributed by atoms with Gasteiger partial charge in [-0.3, -0.25) is 4.79 Å². The summed E-state index contributed by atoms with van der Waals surface area (Å²) in [5.41, 5.74) is 1.05. The Hall–Kier alpha value is -1.79. The van der Waals surface area contributed by atoms with Crippen molar-refractivity contribution in [3.8, 4) is 11.5 Å². The molecule has 1 aromatic carbocycles. The molecule has 0 aromatic heterocycles. The normalized spacial score (nSPS) is 14.1. The second-order valence-electron chi connectivity index (χ2n) is 4.56. The van der Waals surface area contributed by atoms with Crippen LogP contribution in [-0.4, -0.2) is 39.5 Å². The molecule has 0 radical (unpaired) electrons. The van der Waals surface area contributed by atoms with Crippen molar-refractivity contribution < 1.29 is 19.0 Å². The molecule has 0 fully saturated rings. The first-order valence-electron chi connectivity index (χ1n) is 6.59. The number of hydrogen-bond acceptors (Lipinski definition) is 5. The Labute approximate surface area is 118 Å². The summed E-state index contributed by atoms with van der Waals surface area (Å²) in [4.78, 5) is 11.6. The monoisotopic (exact) mass is 280 g/mol. The van der Waals surface area contributed by atoms with E-state index in [9.17, 15) is 4.79 Å². The molecule has 2 N–H and O–H groups in total. The van der Waals surface area contributed by atoms with Crippen molar-refractivity contribution >= 4 is 5.91 Å². The van der Waals surface area contributed by atoms with Gasteiger partial charge in [-0.15, -0.1) is 0 Å². The van der Waals surface area contributed by atoms with Gasteiger partial charge in [0.1, 0.15) is 0 Å². The third-order valence-corrected chi connectivity index (χ3v) is 3.09. The van der Waals surface area contributed by atoms with E-state index in [1.165, 1.54) is 0 Å². The lowest BCUT2D eigenvalue weighted by molar-refractivity contribution is -0.120. The molecule has 1 amide bonds. The van der Waals surface area contributed by atoms with E-state index >= 15 is 0 Å². The van der Waals surface area contributed by atoms with E-state index in [2.05, 4.69) is 10.6 Å². The Morgan fingerprint density at radius 1 is 1.40 bits per heavy atom. The molecule has 1 heterocycles. The summed E-state index contributed by atoms with van der Waals surface area (Å²) >= 11 is 0. The summed E-state index contributed by atoms with van der Waals surface area (Å²) in [6.45, 7) is 3.57. The maximum atomic E-state index is 11.6. The van der Waals surface area contributed by atoms with E-state index in [4.69, 9.17) is 14.2 Å². The van der Waals surface area contributed by atoms with E-state index in [-0.39, 0.29) is 25.3 Å². The molecule has 0 saturated carbocycles. The highest BCUT2D eigenvalue weighted by Gasteiger charge is 2.15. The third kappa shape index (κ3) is 3.85. The highest BCUT2D eigenvalue weighted by atomic mass is 16.7. The maximum Gasteiger partial charge on any atom is 0.234 e. The number of carbonyl (C=O) groups is 1. The second kappa shape index (κ2) is 7.12. The van der Waals surface area contributed by atoms with Crippen LogP contribution in [0, 0.1) is 0 Å². The van der Waals surface area contributed by atoms with Crippen molar-refractivity contribution in [3.05, 3.63) is 23.8 Å². The van der Waals surface area contributed by atoms with E-state index in [1.54, 1.807) is 7.11 Å². The van der Waals surface area contributed by atoms with Gasteiger partial charge in [-0.05, 0) is 24.6 Å². The lowest BCUT2D eigenvalue weighted by Crippen LogP contribution is -2.36. The average molecular weight is 280 g/mol. The van der Waals surface area contributed by atoms with Crippen LogP contribution in [0.4, 0.5) is 0 Å². The molecule has 0 aliphatic carbocycles. The van der Waals surface area contributed by atoms with Gasteiger partial charge in [0.05, 0.1) is 13.2 Å². The lowest BCUT2D eigenvalue weighted by atomic mass is 10.1. The zero-order valence-electron chi connectivity index (χ0n) is 11.8. The molecule has 110 valence electrons. The number of ether oxygens (including phenoxy) is 3. The summed E-state index contributed by atoms with van der Waals surface area (Å²) in [6, 6.07) is 5.84. The molecule has 6 nitrogen and oxygen atoms in total. The number of benzene rings is 1. The molecule has 20 heavy (non-hydrogen) atoms. The summed E-state index contributed by atoms with van der Waals surface area (Å²) < 4.78 is 15.5. The molecule has 0 bridgehead atoms. The summed E-state index contributed by atoms with van der Waals surface area (Å²) in [6.07, 6.45) is 0. The molecule has 1 aromatic rings. The smallest absolute Gasteiger partial charge is 0.234 e. The van der Waals surface area contributed by atoms with Gasteiger partial charge in [-0.2, -0.15) is 0 Å². The van der Waals surface area contributed by atoms with Crippen LogP contribution in [0.3, 0.4) is 0 Å². The largest absolute Gasteiger partial charge is 0.454 e. The molecular formula is C14H20N2O4. The zero-order valence-corrected chi connectivity index (χ0v) is 11.8. The maximum absolute atomic E-state index is 11.6. The van der Waals surface area contributed by atoms with Crippen molar-refractivity contribution in [1.29, 1.82) is 0 Å². The minimum Gasteiger partial charge on any atom is -0.454 e. The molecule has 1 aliphatic heterocycles. The van der Waals surface area contributed by atoms with E-state index in [0.717, 1.165) is 17.1 Å². The van der Waals surface area contributed by atoms with Gasteiger partial charge < -0.3 is 24.8 Å². The first-order valence-corrected chi connectivity index (χ1v) is 6.59. The van der Waals surface area contributed by atoms with Gasteiger partial charge in [0.25, 0.3) is 0 Å². The van der Waals surface area contributed by atoms with Gasteiger partial charge in [0, 0.05) is 19.7 Å². The Balaban J connectivity index is 1.80. The van der Waals surface area contributed by atoms with Gasteiger partial charge in [0.15, 0.2) is 11.5 Å². The third-order valence-electron chi connectivity index (χ3n) is 3.09. The van der Waals surface area contributed by atoms with E-state index < -0.39 is 0 Å². The number of rotatable bonds is 7. The Morgan fingerprint density at radius 2 is 2.20 bits per heavy atom. The summed E-state index contributed by atoms with van der Waals surface area (Å²) in [7, 11) is 1.60. The van der Waals surface area contributed by atoms with Gasteiger partial charge in [-0.1, -0.05) is 6.07 Å². The minimum absolute atomic E-state index is 0.0466. The summed E-state index contributed by atoms with van der Waals surface area (Å²) in [5.74, 6) is 1.47. The fourth-order valence-electron chi connectivity index (χ4n) is 1.90. The van der Waals surface area contributed by atoms with Crippen LogP contribution in [0.5, 0.6) is 11.5 Å². The summed E-state index contributed by atoms with van der Waals surface area (Å²) in [5, 5.41) is 5.93. The highest BCUT2D eigenvalue weighted by Crippen LogP contribution is 2.33. The first kappa shape index (κ1) is 14.6. The number of hydrogen-bond donors (Lipinski definition) is 2. The van der Waals surface area contributed by atoms with E-state index in [1.807, 2.05) is 25.1 Å². The van der Waals surface area contributed by atoms with Crippen molar-refractivity contribution in [3.63, 3.8) is 0 Å². The molecule has 1 aliphatic rings. The topological polar surface area (TPSA) is 68.8 Å². The predicted octanol–water partition coefficient (Wildman–Crippen LogP) is 0.829. The molecular weight excluding hydrogens is 260 g/mol. The number of fused-ring (bicyclic) bond motifs is 1. The Bertz CT molecular complexity index is 464. The number of methoxy groups -OCH3 is 1. The van der Waals surface area contributed by atoms with Gasteiger partial charge in [-0.25, -0.2) is 0 Å². The quantitative estimate of drug-likeness (QED) is 0.724.